The second kappa shape index (κ2) is 9.05. The minimum absolute atomic E-state index is 0.0239. The Kier molecular flexibility index (Phi) is 7.08. The van der Waals surface area contributed by atoms with Crippen LogP contribution >= 0.6 is 11.8 Å². The van der Waals surface area contributed by atoms with Crippen molar-refractivity contribution in [1.29, 1.82) is 0 Å². The predicted octanol–water partition coefficient (Wildman–Crippen LogP) is 1.80. The van der Waals surface area contributed by atoms with Gasteiger partial charge in [0.1, 0.15) is 11.9 Å². The van der Waals surface area contributed by atoms with E-state index in [9.17, 15) is 9.59 Å². The molecule has 2 rings (SSSR count). The van der Waals surface area contributed by atoms with Crippen LogP contribution in [0.3, 0.4) is 0 Å². The molecule has 2 heterocycles. The summed E-state index contributed by atoms with van der Waals surface area (Å²) in [7, 11) is 1.34. The predicted molar refractivity (Wildman–Crippen MR) is 91.7 cm³/mol. The maximum absolute atomic E-state index is 12.2. The van der Waals surface area contributed by atoms with Crippen molar-refractivity contribution in [2.24, 2.45) is 5.92 Å². The molecule has 24 heavy (non-hydrogen) atoms. The number of carbonyl (C=O) groups excluding carboxylic acids is 2. The van der Waals surface area contributed by atoms with Crippen molar-refractivity contribution >= 4 is 23.6 Å². The van der Waals surface area contributed by atoms with Gasteiger partial charge >= 0.3 is 5.97 Å². The SMILES string of the molecule is CC[C@@H](C)[C@@H](NC(=O)CSc1nnc2n1CCCCC2)C(=O)OC. The third kappa shape index (κ3) is 4.72. The summed E-state index contributed by atoms with van der Waals surface area (Å²) in [5.74, 6) is 0.640. The summed E-state index contributed by atoms with van der Waals surface area (Å²) < 4.78 is 6.90. The van der Waals surface area contributed by atoms with Crippen LogP contribution in [0, 0.1) is 5.92 Å². The Morgan fingerprint density at radius 2 is 2.12 bits per heavy atom. The molecular weight excluding hydrogens is 328 g/mol. The Labute approximate surface area is 146 Å². The number of nitrogens with one attached hydrogen (secondary N) is 1. The minimum atomic E-state index is -0.608. The number of methoxy groups -OCH3 is 1. The van der Waals surface area contributed by atoms with Gasteiger partial charge in [-0.2, -0.15) is 0 Å². The highest BCUT2D eigenvalue weighted by Crippen LogP contribution is 2.21. The molecule has 1 aromatic rings. The van der Waals surface area contributed by atoms with Gasteiger partial charge in [-0.15, -0.1) is 10.2 Å². The molecule has 1 aliphatic rings. The molecule has 7 nitrogen and oxygen atoms in total. The number of aryl methyl sites for hydroxylation is 1. The molecule has 0 radical (unpaired) electrons. The van der Waals surface area contributed by atoms with E-state index < -0.39 is 12.0 Å². The standard InChI is InChI=1S/C16H26N4O3S/c1-4-11(2)14(15(22)23-3)17-13(21)10-24-16-19-18-12-8-6-5-7-9-20(12)16/h11,14H,4-10H2,1-3H3,(H,17,21)/t11-,14-/m1/s1. The third-order valence-electron chi connectivity index (χ3n) is 4.39. The van der Waals surface area contributed by atoms with E-state index in [0.29, 0.717) is 0 Å². The van der Waals surface area contributed by atoms with Crippen LogP contribution in [0.4, 0.5) is 0 Å². The molecule has 8 heteroatoms. The normalized spacial score (nSPS) is 16.6. The van der Waals surface area contributed by atoms with Gasteiger partial charge in [0.25, 0.3) is 0 Å². The number of aromatic nitrogens is 3. The number of carbonyl (C=O) groups is 2. The molecule has 0 saturated carbocycles. The molecule has 2 atom stereocenters. The van der Waals surface area contributed by atoms with E-state index in [1.54, 1.807) is 0 Å². The van der Waals surface area contributed by atoms with Gasteiger partial charge in [0.15, 0.2) is 5.16 Å². The summed E-state index contributed by atoms with van der Waals surface area (Å²) in [4.78, 5) is 24.1. The molecule has 0 spiro atoms. The number of ether oxygens (including phenoxy) is 1. The fourth-order valence-corrected chi connectivity index (χ4v) is 3.50. The number of amides is 1. The van der Waals surface area contributed by atoms with E-state index in [0.717, 1.165) is 43.2 Å². The van der Waals surface area contributed by atoms with E-state index in [1.807, 2.05) is 13.8 Å². The van der Waals surface area contributed by atoms with Crippen molar-refractivity contribution in [1.82, 2.24) is 20.1 Å². The molecular formula is C16H26N4O3S. The molecule has 1 aliphatic heterocycles. The highest BCUT2D eigenvalue weighted by atomic mass is 32.2. The Bertz CT molecular complexity index is 576. The molecule has 1 aromatic heterocycles. The van der Waals surface area contributed by atoms with Crippen molar-refractivity contribution in [3.8, 4) is 0 Å². The van der Waals surface area contributed by atoms with E-state index in [1.165, 1.54) is 25.3 Å². The summed E-state index contributed by atoms with van der Waals surface area (Å²) in [5.41, 5.74) is 0. The van der Waals surface area contributed by atoms with Gasteiger partial charge in [0, 0.05) is 13.0 Å². The van der Waals surface area contributed by atoms with Crippen LogP contribution in [0.15, 0.2) is 5.16 Å². The molecule has 0 saturated heterocycles. The van der Waals surface area contributed by atoms with Crippen molar-refractivity contribution in [3.05, 3.63) is 5.82 Å². The largest absolute Gasteiger partial charge is 0.467 e. The number of nitrogens with zero attached hydrogens (tertiary/aromatic N) is 3. The molecule has 0 aromatic carbocycles. The van der Waals surface area contributed by atoms with Crippen LogP contribution in [0.1, 0.15) is 45.4 Å². The molecule has 0 fully saturated rings. The lowest BCUT2D eigenvalue weighted by Crippen LogP contribution is -2.46. The Balaban J connectivity index is 1.93. The number of esters is 1. The lowest BCUT2D eigenvalue weighted by molar-refractivity contribution is -0.146. The lowest BCUT2D eigenvalue weighted by atomic mass is 9.99. The zero-order chi connectivity index (χ0) is 17.5. The Morgan fingerprint density at radius 3 is 2.83 bits per heavy atom. The lowest BCUT2D eigenvalue weighted by Gasteiger charge is -2.21. The maximum atomic E-state index is 12.2. The van der Waals surface area contributed by atoms with Crippen molar-refractivity contribution in [3.63, 3.8) is 0 Å². The first-order valence-electron chi connectivity index (χ1n) is 8.48. The van der Waals surface area contributed by atoms with E-state index in [2.05, 4.69) is 20.1 Å². The second-order valence-electron chi connectivity index (χ2n) is 6.10. The van der Waals surface area contributed by atoms with Gasteiger partial charge in [-0.3, -0.25) is 4.79 Å². The highest BCUT2D eigenvalue weighted by molar-refractivity contribution is 7.99. The molecule has 134 valence electrons. The second-order valence-corrected chi connectivity index (χ2v) is 7.05. The summed E-state index contributed by atoms with van der Waals surface area (Å²) >= 11 is 1.36. The van der Waals surface area contributed by atoms with E-state index in [-0.39, 0.29) is 17.6 Å². The number of fused-ring (bicyclic) bond motifs is 1. The first-order chi connectivity index (χ1) is 11.6. The maximum Gasteiger partial charge on any atom is 0.328 e. The molecule has 1 N–H and O–H groups in total. The summed E-state index contributed by atoms with van der Waals surface area (Å²) in [6, 6.07) is -0.608. The molecule has 1 amide bonds. The summed E-state index contributed by atoms with van der Waals surface area (Å²) in [6.07, 6.45) is 5.18. The van der Waals surface area contributed by atoms with Crippen LogP contribution in [0.25, 0.3) is 0 Å². The van der Waals surface area contributed by atoms with E-state index >= 15 is 0 Å². The van der Waals surface area contributed by atoms with Gasteiger partial charge in [0.05, 0.1) is 12.9 Å². The van der Waals surface area contributed by atoms with Gasteiger partial charge in [-0.1, -0.05) is 38.5 Å². The van der Waals surface area contributed by atoms with Crippen LogP contribution < -0.4 is 5.32 Å². The summed E-state index contributed by atoms with van der Waals surface area (Å²) in [5, 5.41) is 12.0. The number of hydrogen-bond donors (Lipinski definition) is 1. The van der Waals surface area contributed by atoms with Crippen molar-refractivity contribution < 1.29 is 14.3 Å². The van der Waals surface area contributed by atoms with Crippen LogP contribution in [0.2, 0.25) is 0 Å². The Hall–Kier alpha value is -1.57. The molecule has 0 unspecified atom stereocenters. The van der Waals surface area contributed by atoms with E-state index in [4.69, 9.17) is 4.74 Å². The molecule has 0 bridgehead atoms. The number of hydrogen-bond acceptors (Lipinski definition) is 6. The number of rotatable bonds is 7. The minimum Gasteiger partial charge on any atom is -0.467 e. The average molecular weight is 354 g/mol. The topological polar surface area (TPSA) is 86.1 Å². The van der Waals surface area contributed by atoms with Crippen molar-refractivity contribution in [2.45, 2.75) is 63.7 Å². The number of thioether (sulfide) groups is 1. The summed E-state index contributed by atoms with van der Waals surface area (Å²) in [6.45, 7) is 4.81. The van der Waals surface area contributed by atoms with Crippen LogP contribution in [-0.4, -0.2) is 45.5 Å². The Morgan fingerprint density at radius 1 is 1.33 bits per heavy atom. The van der Waals surface area contributed by atoms with Crippen molar-refractivity contribution in [2.75, 3.05) is 12.9 Å². The fourth-order valence-electron chi connectivity index (χ4n) is 2.71. The zero-order valence-corrected chi connectivity index (χ0v) is 15.4. The molecule has 0 aliphatic carbocycles. The van der Waals surface area contributed by atoms with Gasteiger partial charge < -0.3 is 14.6 Å². The first-order valence-corrected chi connectivity index (χ1v) is 9.47. The van der Waals surface area contributed by atoms with Crippen LogP contribution in [0.5, 0.6) is 0 Å². The third-order valence-corrected chi connectivity index (χ3v) is 5.36. The van der Waals surface area contributed by atoms with Gasteiger partial charge in [0.2, 0.25) is 5.91 Å². The quantitative estimate of drug-likeness (QED) is 0.593. The zero-order valence-electron chi connectivity index (χ0n) is 14.6. The first kappa shape index (κ1) is 18.8. The average Bonchev–Trinajstić information content (AvgIpc) is 2.82. The smallest absolute Gasteiger partial charge is 0.328 e. The van der Waals surface area contributed by atoms with Crippen LogP contribution in [-0.2, 0) is 27.3 Å². The highest BCUT2D eigenvalue weighted by Gasteiger charge is 2.27. The van der Waals surface area contributed by atoms with Gasteiger partial charge in [-0.25, -0.2) is 4.79 Å². The fraction of sp³-hybridized carbons (Fsp3) is 0.750. The monoisotopic (exact) mass is 354 g/mol. The van der Waals surface area contributed by atoms with Gasteiger partial charge in [-0.05, 0) is 18.8 Å².